The van der Waals surface area contributed by atoms with Crippen LogP contribution in [0.3, 0.4) is 0 Å². The average Bonchev–Trinajstić information content (AvgIpc) is 2.30. The zero-order chi connectivity index (χ0) is 13.0. The fourth-order valence-corrected chi connectivity index (χ4v) is 1.14. The first-order valence-corrected chi connectivity index (χ1v) is 4.44. The van der Waals surface area contributed by atoms with Crippen molar-refractivity contribution in [1.82, 2.24) is 4.98 Å². The van der Waals surface area contributed by atoms with E-state index in [1.165, 1.54) is 0 Å². The highest BCUT2D eigenvalue weighted by Crippen LogP contribution is 2.22. The van der Waals surface area contributed by atoms with Gasteiger partial charge in [0.15, 0.2) is 5.82 Å². The Bertz CT molecular complexity index is 483. The van der Waals surface area contributed by atoms with Gasteiger partial charge >= 0.3 is 5.97 Å². The van der Waals surface area contributed by atoms with Crippen molar-refractivity contribution in [1.29, 1.82) is 5.26 Å². The normalized spacial score (nSPS) is 10.1. The Balaban J connectivity index is 3.23. The molecule has 1 heterocycles. The van der Waals surface area contributed by atoms with E-state index in [4.69, 9.17) is 5.26 Å². The minimum Gasteiger partial charge on any atom is -0.469 e. The highest BCUT2D eigenvalue weighted by Gasteiger charge is 2.20. The van der Waals surface area contributed by atoms with E-state index in [1.807, 2.05) is 0 Å². The van der Waals surface area contributed by atoms with Crippen molar-refractivity contribution in [3.63, 3.8) is 0 Å². The number of methoxy groups -OCH3 is 1. The van der Waals surface area contributed by atoms with E-state index in [1.54, 1.807) is 6.07 Å². The van der Waals surface area contributed by atoms with Gasteiger partial charge in [-0.1, -0.05) is 0 Å². The number of halogens is 3. The fourth-order valence-electron chi connectivity index (χ4n) is 1.14. The summed E-state index contributed by atoms with van der Waals surface area (Å²) in [7, 11) is 1.10. The lowest BCUT2D eigenvalue weighted by molar-refractivity contribution is -0.139. The van der Waals surface area contributed by atoms with E-state index < -0.39 is 30.3 Å². The number of ether oxygens (including phenoxy) is 1. The molecule has 7 heteroatoms. The summed E-state index contributed by atoms with van der Waals surface area (Å²) in [6.07, 6.45) is -3.57. The Labute approximate surface area is 94.6 Å². The van der Waals surface area contributed by atoms with Gasteiger partial charge in [0.2, 0.25) is 0 Å². The molecule has 17 heavy (non-hydrogen) atoms. The molecular weight excluding hydrogens is 237 g/mol. The zero-order valence-corrected chi connectivity index (χ0v) is 8.71. The number of hydrogen-bond donors (Lipinski definition) is 0. The van der Waals surface area contributed by atoms with Crippen molar-refractivity contribution in [2.45, 2.75) is 12.8 Å². The third-order valence-electron chi connectivity index (χ3n) is 1.95. The molecule has 1 aromatic heterocycles. The van der Waals surface area contributed by atoms with Gasteiger partial charge in [0.1, 0.15) is 11.8 Å². The van der Waals surface area contributed by atoms with Gasteiger partial charge in [-0.05, 0) is 6.07 Å². The van der Waals surface area contributed by atoms with Crippen LogP contribution in [0.1, 0.15) is 23.4 Å². The highest BCUT2D eigenvalue weighted by atomic mass is 19.3. The number of rotatable bonds is 3. The summed E-state index contributed by atoms with van der Waals surface area (Å²) in [5, 5.41) is 8.66. The Hall–Kier alpha value is -2.10. The van der Waals surface area contributed by atoms with E-state index >= 15 is 0 Å². The summed E-state index contributed by atoms with van der Waals surface area (Å²) in [4.78, 5) is 14.2. The topological polar surface area (TPSA) is 63.0 Å². The lowest BCUT2D eigenvalue weighted by Gasteiger charge is -2.06. The maximum Gasteiger partial charge on any atom is 0.311 e. The summed E-state index contributed by atoms with van der Waals surface area (Å²) in [5.41, 5.74) is -1.57. The number of esters is 1. The number of carbonyl (C=O) groups is 1. The highest BCUT2D eigenvalue weighted by molar-refractivity contribution is 5.72. The second-order valence-corrected chi connectivity index (χ2v) is 3.02. The fraction of sp³-hybridized carbons (Fsp3) is 0.300. The number of nitrogens with zero attached hydrogens (tertiary/aromatic N) is 2. The first kappa shape index (κ1) is 13.0. The van der Waals surface area contributed by atoms with Gasteiger partial charge in [0.25, 0.3) is 6.43 Å². The summed E-state index contributed by atoms with van der Waals surface area (Å²) < 4.78 is 42.1. The second kappa shape index (κ2) is 5.30. The van der Waals surface area contributed by atoms with Crippen LogP contribution in [-0.2, 0) is 16.0 Å². The number of nitriles is 1. The first-order chi connectivity index (χ1) is 7.99. The van der Waals surface area contributed by atoms with Crippen LogP contribution in [0, 0.1) is 17.1 Å². The maximum absolute atomic E-state index is 13.1. The third kappa shape index (κ3) is 2.93. The van der Waals surface area contributed by atoms with Crippen molar-refractivity contribution in [3.8, 4) is 6.07 Å². The summed E-state index contributed by atoms with van der Waals surface area (Å²) in [6.45, 7) is 0. The molecular formula is C10H7F3N2O2. The van der Waals surface area contributed by atoms with Gasteiger partial charge in [0, 0.05) is 0 Å². The molecule has 1 rings (SSSR count). The molecule has 0 fully saturated rings. The standard InChI is InChI=1S/C10H7F3N2O2/c1-17-8(16)3-7-5(4-14)2-6(11)9(15-7)10(12)13/h2,10H,3H2,1H3. The van der Waals surface area contributed by atoms with Crippen LogP contribution >= 0.6 is 0 Å². The number of alkyl halides is 2. The van der Waals surface area contributed by atoms with Crippen LogP contribution in [0.4, 0.5) is 13.2 Å². The Morgan fingerprint density at radius 3 is 2.76 bits per heavy atom. The van der Waals surface area contributed by atoms with Crippen LogP contribution in [0.15, 0.2) is 6.07 Å². The molecule has 0 aliphatic rings. The van der Waals surface area contributed by atoms with E-state index in [0.29, 0.717) is 6.07 Å². The Morgan fingerprint density at radius 1 is 1.65 bits per heavy atom. The van der Waals surface area contributed by atoms with E-state index in [2.05, 4.69) is 9.72 Å². The van der Waals surface area contributed by atoms with Crippen LogP contribution in [-0.4, -0.2) is 18.1 Å². The molecule has 0 aliphatic carbocycles. The molecule has 0 atom stereocenters. The van der Waals surface area contributed by atoms with Crippen molar-refractivity contribution in [2.75, 3.05) is 7.11 Å². The number of aromatic nitrogens is 1. The molecule has 0 saturated carbocycles. The molecule has 90 valence electrons. The lowest BCUT2D eigenvalue weighted by Crippen LogP contribution is -2.10. The van der Waals surface area contributed by atoms with Gasteiger partial charge in [-0.2, -0.15) is 5.26 Å². The van der Waals surface area contributed by atoms with Gasteiger partial charge < -0.3 is 4.74 Å². The van der Waals surface area contributed by atoms with Crippen LogP contribution < -0.4 is 0 Å². The van der Waals surface area contributed by atoms with Crippen molar-refractivity contribution < 1.29 is 22.7 Å². The van der Waals surface area contributed by atoms with Gasteiger partial charge in [-0.15, -0.1) is 0 Å². The van der Waals surface area contributed by atoms with Crippen molar-refractivity contribution in [3.05, 3.63) is 28.8 Å². The molecule has 0 aliphatic heterocycles. The predicted octanol–water partition coefficient (Wildman–Crippen LogP) is 1.75. The summed E-state index contributed by atoms with van der Waals surface area (Å²) in [6, 6.07) is 2.21. The first-order valence-electron chi connectivity index (χ1n) is 4.44. The van der Waals surface area contributed by atoms with Gasteiger partial charge in [0.05, 0.1) is 24.8 Å². The molecule has 0 bridgehead atoms. The molecule has 4 nitrogen and oxygen atoms in total. The number of pyridine rings is 1. The third-order valence-corrected chi connectivity index (χ3v) is 1.95. The SMILES string of the molecule is COC(=O)Cc1nc(C(F)F)c(F)cc1C#N. The Kier molecular flexibility index (Phi) is 4.04. The van der Waals surface area contributed by atoms with Crippen LogP contribution in [0.2, 0.25) is 0 Å². The lowest BCUT2D eigenvalue weighted by atomic mass is 10.1. The van der Waals surface area contributed by atoms with E-state index in [-0.39, 0.29) is 11.3 Å². The smallest absolute Gasteiger partial charge is 0.311 e. The van der Waals surface area contributed by atoms with E-state index in [0.717, 1.165) is 7.11 Å². The van der Waals surface area contributed by atoms with E-state index in [9.17, 15) is 18.0 Å². The zero-order valence-electron chi connectivity index (χ0n) is 8.71. The molecule has 1 aromatic rings. The summed E-state index contributed by atoms with van der Waals surface area (Å²) in [5.74, 6) is -2.02. The molecule has 0 amide bonds. The van der Waals surface area contributed by atoms with Crippen molar-refractivity contribution >= 4 is 5.97 Å². The van der Waals surface area contributed by atoms with Crippen LogP contribution in [0.25, 0.3) is 0 Å². The summed E-state index contributed by atoms with van der Waals surface area (Å²) >= 11 is 0. The largest absolute Gasteiger partial charge is 0.469 e. The molecule has 0 radical (unpaired) electrons. The molecule has 0 spiro atoms. The molecule has 0 saturated heterocycles. The monoisotopic (exact) mass is 244 g/mol. The second-order valence-electron chi connectivity index (χ2n) is 3.02. The quantitative estimate of drug-likeness (QED) is 0.760. The number of hydrogen-bond acceptors (Lipinski definition) is 4. The van der Waals surface area contributed by atoms with Gasteiger partial charge in [-0.3, -0.25) is 4.79 Å². The Morgan fingerprint density at radius 2 is 2.29 bits per heavy atom. The van der Waals surface area contributed by atoms with Crippen LogP contribution in [0.5, 0.6) is 0 Å². The predicted molar refractivity (Wildman–Crippen MR) is 49.6 cm³/mol. The maximum atomic E-state index is 13.1. The molecule has 0 N–H and O–H groups in total. The minimum absolute atomic E-state index is 0.226. The molecule has 0 aromatic carbocycles. The molecule has 0 unspecified atom stereocenters. The van der Waals surface area contributed by atoms with Crippen molar-refractivity contribution in [2.24, 2.45) is 0 Å². The average molecular weight is 244 g/mol. The minimum atomic E-state index is -3.11. The number of carbonyl (C=O) groups excluding carboxylic acids is 1. The van der Waals surface area contributed by atoms with Gasteiger partial charge in [-0.25, -0.2) is 18.2 Å².